The van der Waals surface area contributed by atoms with Gasteiger partial charge >= 0.3 is 0 Å². The molecule has 1 saturated carbocycles. The van der Waals surface area contributed by atoms with Gasteiger partial charge in [0.2, 0.25) is 0 Å². The molecule has 2 aromatic carbocycles. The zero-order chi connectivity index (χ0) is 25.6. The smallest absolute Gasteiger partial charge is 0.261 e. The summed E-state index contributed by atoms with van der Waals surface area (Å²) in [6.45, 7) is 11.6. The SMILES string of the molecule is CC1=C2C(=O)C[C@H]3O[C@H](CO[Si](c4ccccc4)(c4ccccc4)C(C)(C)C)C=C[C@@H]3[C@]2(C)C=CC1. The molecule has 0 aromatic heterocycles. The monoisotopic (exact) mass is 498 g/mol. The van der Waals surface area contributed by atoms with E-state index in [1.807, 2.05) is 0 Å². The fourth-order valence-corrected chi connectivity index (χ4v) is 11.3. The maximum absolute atomic E-state index is 13.2. The van der Waals surface area contributed by atoms with E-state index in [1.165, 1.54) is 15.9 Å². The summed E-state index contributed by atoms with van der Waals surface area (Å²) in [4.78, 5) is 13.2. The minimum absolute atomic E-state index is 0.0883. The number of rotatable bonds is 5. The molecule has 2 aliphatic carbocycles. The molecule has 0 unspecified atom stereocenters. The van der Waals surface area contributed by atoms with Gasteiger partial charge in [-0.1, -0.05) is 118 Å². The van der Waals surface area contributed by atoms with Crippen molar-refractivity contribution in [2.75, 3.05) is 6.61 Å². The number of carbonyl (C=O) groups excluding carboxylic acids is 1. The largest absolute Gasteiger partial charge is 0.404 e. The van der Waals surface area contributed by atoms with Crippen LogP contribution in [0.3, 0.4) is 0 Å². The lowest BCUT2D eigenvalue weighted by Gasteiger charge is -2.49. The Balaban J connectivity index is 1.46. The number of benzene rings is 2. The summed E-state index contributed by atoms with van der Waals surface area (Å²) in [5.41, 5.74) is 1.92. The van der Waals surface area contributed by atoms with Crippen molar-refractivity contribution in [1.29, 1.82) is 0 Å². The first-order valence-electron chi connectivity index (χ1n) is 13.2. The fraction of sp³-hybridized carbons (Fsp3) is 0.406. The van der Waals surface area contributed by atoms with E-state index in [4.69, 9.17) is 9.16 Å². The molecule has 0 radical (unpaired) electrons. The van der Waals surface area contributed by atoms with E-state index in [1.54, 1.807) is 0 Å². The highest BCUT2D eigenvalue weighted by Gasteiger charge is 2.52. The Labute approximate surface area is 217 Å². The van der Waals surface area contributed by atoms with Crippen LogP contribution in [0.15, 0.2) is 96.1 Å². The predicted octanol–water partition coefficient (Wildman–Crippen LogP) is 5.76. The molecule has 5 rings (SSSR count). The normalized spacial score (nSPS) is 28.1. The van der Waals surface area contributed by atoms with E-state index in [0.717, 1.165) is 12.0 Å². The second-order valence-corrected chi connectivity index (χ2v) is 16.1. The van der Waals surface area contributed by atoms with Crippen molar-refractivity contribution in [2.24, 2.45) is 11.3 Å². The van der Waals surface area contributed by atoms with Crippen LogP contribution in [0.5, 0.6) is 0 Å². The van der Waals surface area contributed by atoms with Crippen LogP contribution in [-0.2, 0) is 14.0 Å². The molecule has 4 heteroatoms. The van der Waals surface area contributed by atoms with Crippen molar-refractivity contribution in [2.45, 2.75) is 64.7 Å². The van der Waals surface area contributed by atoms with Gasteiger partial charge in [-0.2, -0.15) is 0 Å². The minimum atomic E-state index is -2.64. The van der Waals surface area contributed by atoms with Gasteiger partial charge in [-0.25, -0.2) is 0 Å². The third-order valence-corrected chi connectivity index (χ3v) is 13.4. The molecule has 0 saturated heterocycles. The number of hydrogen-bond acceptors (Lipinski definition) is 3. The van der Waals surface area contributed by atoms with Gasteiger partial charge in [-0.3, -0.25) is 4.79 Å². The molecular weight excluding hydrogens is 460 g/mol. The summed E-state index contributed by atoms with van der Waals surface area (Å²) in [6, 6.07) is 21.4. The zero-order valence-electron chi connectivity index (χ0n) is 22.2. The zero-order valence-corrected chi connectivity index (χ0v) is 23.2. The third kappa shape index (κ3) is 4.09. The number of ketones is 1. The molecule has 0 N–H and O–H groups in total. The van der Waals surface area contributed by atoms with Gasteiger partial charge in [0.25, 0.3) is 8.32 Å². The summed E-state index contributed by atoms with van der Waals surface area (Å²) in [5, 5.41) is 2.44. The summed E-state index contributed by atoms with van der Waals surface area (Å²) in [5.74, 6) is 0.406. The maximum atomic E-state index is 13.2. The molecule has 1 heterocycles. The van der Waals surface area contributed by atoms with Gasteiger partial charge in [0.1, 0.15) is 0 Å². The van der Waals surface area contributed by atoms with E-state index >= 15 is 0 Å². The molecule has 0 spiro atoms. The Kier molecular flexibility index (Phi) is 6.56. The predicted molar refractivity (Wildman–Crippen MR) is 149 cm³/mol. The van der Waals surface area contributed by atoms with Crippen molar-refractivity contribution < 1.29 is 14.0 Å². The Morgan fingerprint density at radius 2 is 1.61 bits per heavy atom. The summed E-state index contributed by atoms with van der Waals surface area (Å²) in [7, 11) is -2.64. The average Bonchev–Trinajstić information content (AvgIpc) is 2.84. The summed E-state index contributed by atoms with van der Waals surface area (Å²) >= 11 is 0. The van der Waals surface area contributed by atoms with Gasteiger partial charge in [0.15, 0.2) is 5.78 Å². The molecule has 1 aliphatic heterocycles. The van der Waals surface area contributed by atoms with Crippen LogP contribution < -0.4 is 10.4 Å². The van der Waals surface area contributed by atoms with E-state index in [-0.39, 0.29) is 34.4 Å². The van der Waals surface area contributed by atoms with Crippen LogP contribution in [-0.4, -0.2) is 32.9 Å². The summed E-state index contributed by atoms with van der Waals surface area (Å²) < 4.78 is 13.7. The van der Waals surface area contributed by atoms with Gasteiger partial charge in [-0.05, 0) is 28.8 Å². The first kappa shape index (κ1) is 25.1. The Bertz CT molecular complexity index is 1170. The molecule has 4 atom stereocenters. The lowest BCUT2D eigenvalue weighted by molar-refractivity contribution is -0.129. The number of ether oxygens (including phenoxy) is 1. The molecule has 1 fully saturated rings. The van der Waals surface area contributed by atoms with Crippen molar-refractivity contribution in [1.82, 2.24) is 0 Å². The standard InChI is InChI=1S/C32H38O3Si/c1-23-13-12-20-32(5)27-19-18-24(35-29(27)21-28(33)30(23)32)22-34-36(31(2,3)4,25-14-8-6-9-15-25)26-16-10-7-11-17-26/h6-12,14-20,24,27,29H,13,21-22H2,1-5H3/t24-,27-,29+,32-/m0/s1. The second kappa shape index (κ2) is 9.40. The Morgan fingerprint density at radius 1 is 1.00 bits per heavy atom. The first-order valence-corrected chi connectivity index (χ1v) is 15.1. The average molecular weight is 499 g/mol. The molecule has 2 aromatic rings. The first-order chi connectivity index (χ1) is 17.2. The van der Waals surface area contributed by atoms with Crippen molar-refractivity contribution in [3.05, 3.63) is 96.1 Å². The molecule has 188 valence electrons. The van der Waals surface area contributed by atoms with Crippen LogP contribution in [0.2, 0.25) is 5.04 Å². The van der Waals surface area contributed by atoms with Crippen LogP contribution >= 0.6 is 0 Å². The van der Waals surface area contributed by atoms with Gasteiger partial charge < -0.3 is 9.16 Å². The third-order valence-electron chi connectivity index (χ3n) is 8.38. The number of hydrogen-bond donors (Lipinski definition) is 0. The highest BCUT2D eigenvalue weighted by Crippen LogP contribution is 2.51. The molecule has 0 bridgehead atoms. The van der Waals surface area contributed by atoms with E-state index in [0.29, 0.717) is 13.0 Å². The van der Waals surface area contributed by atoms with E-state index in [9.17, 15) is 4.79 Å². The molecule has 3 nitrogen and oxygen atoms in total. The lowest BCUT2D eigenvalue weighted by atomic mass is 9.59. The maximum Gasteiger partial charge on any atom is 0.261 e. The Morgan fingerprint density at radius 3 is 2.19 bits per heavy atom. The van der Waals surface area contributed by atoms with Crippen LogP contribution in [0.4, 0.5) is 0 Å². The Hall–Kier alpha value is -2.53. The molecular formula is C32H38O3Si. The number of carbonyl (C=O) groups is 1. The van der Waals surface area contributed by atoms with E-state index < -0.39 is 8.32 Å². The van der Waals surface area contributed by atoms with Gasteiger partial charge in [0, 0.05) is 23.3 Å². The lowest BCUT2D eigenvalue weighted by Crippen LogP contribution is -2.67. The number of Topliss-reactive ketones (excluding diaryl/α,β-unsaturated/α-hetero) is 1. The number of fused-ring (bicyclic) bond motifs is 3. The van der Waals surface area contributed by atoms with Crippen molar-refractivity contribution >= 4 is 24.5 Å². The molecule has 3 aliphatic rings. The fourth-order valence-electron chi connectivity index (χ4n) is 6.77. The topological polar surface area (TPSA) is 35.5 Å². The van der Waals surface area contributed by atoms with Crippen LogP contribution in [0, 0.1) is 11.3 Å². The van der Waals surface area contributed by atoms with Gasteiger partial charge in [-0.15, -0.1) is 0 Å². The minimum Gasteiger partial charge on any atom is -0.404 e. The van der Waals surface area contributed by atoms with Crippen molar-refractivity contribution in [3.8, 4) is 0 Å². The highest BCUT2D eigenvalue weighted by molar-refractivity contribution is 6.99. The van der Waals surface area contributed by atoms with E-state index in [2.05, 4.69) is 120 Å². The summed E-state index contributed by atoms with van der Waals surface area (Å²) in [6.07, 6.45) is 9.92. The van der Waals surface area contributed by atoms with Gasteiger partial charge in [0.05, 0.1) is 18.8 Å². The van der Waals surface area contributed by atoms with Crippen molar-refractivity contribution in [3.63, 3.8) is 0 Å². The molecule has 36 heavy (non-hydrogen) atoms. The highest BCUT2D eigenvalue weighted by atomic mass is 28.4. The second-order valence-electron chi connectivity index (χ2n) is 11.8. The number of allylic oxidation sites excluding steroid dienone is 4. The molecule has 0 amide bonds. The quantitative estimate of drug-likeness (QED) is 0.388. The van der Waals surface area contributed by atoms with Crippen LogP contribution in [0.1, 0.15) is 47.5 Å². The van der Waals surface area contributed by atoms with Crippen LogP contribution in [0.25, 0.3) is 0 Å².